The number of unbranched alkanes of at least 4 members (excludes halogenated alkanes) is 2. The van der Waals surface area contributed by atoms with E-state index in [4.69, 9.17) is 0 Å². The van der Waals surface area contributed by atoms with Crippen molar-refractivity contribution >= 4 is 10.0 Å². The molecule has 118 valence electrons. The Morgan fingerprint density at radius 3 is 1.86 bits per heavy atom. The van der Waals surface area contributed by atoms with Crippen LogP contribution in [0.25, 0.3) is 0 Å². The second-order valence-electron chi connectivity index (χ2n) is 6.07. The van der Waals surface area contributed by atoms with Gasteiger partial charge in [0.2, 0.25) is 10.0 Å². The van der Waals surface area contributed by atoms with Crippen molar-refractivity contribution in [2.24, 2.45) is 0 Å². The van der Waals surface area contributed by atoms with Crippen molar-refractivity contribution in [1.29, 1.82) is 0 Å². The van der Waals surface area contributed by atoms with Gasteiger partial charge in [0.1, 0.15) is 0 Å². The average Bonchev–Trinajstić information content (AvgIpc) is 3.17. The van der Waals surface area contributed by atoms with Gasteiger partial charge >= 0.3 is 0 Å². The maximum Gasteiger partial charge on any atom is 0.243 e. The van der Waals surface area contributed by atoms with E-state index in [9.17, 15) is 8.42 Å². The summed E-state index contributed by atoms with van der Waals surface area (Å²) in [6.07, 6.45) is 6.44. The molecule has 0 spiro atoms. The van der Waals surface area contributed by atoms with Gasteiger partial charge in [-0.15, -0.1) is 0 Å². The van der Waals surface area contributed by atoms with Gasteiger partial charge in [0.15, 0.2) is 0 Å². The fourth-order valence-electron chi connectivity index (χ4n) is 2.96. The van der Waals surface area contributed by atoms with Crippen LogP contribution in [0.15, 0.2) is 29.2 Å². The van der Waals surface area contributed by atoms with Crippen molar-refractivity contribution in [2.75, 3.05) is 0 Å². The fourth-order valence-corrected chi connectivity index (χ4v) is 4.84. The molecule has 0 N–H and O–H groups in total. The van der Waals surface area contributed by atoms with E-state index in [1.807, 2.05) is 19.1 Å². The van der Waals surface area contributed by atoms with Crippen LogP contribution in [-0.2, 0) is 10.0 Å². The van der Waals surface area contributed by atoms with E-state index in [2.05, 4.69) is 13.8 Å². The molecule has 1 fully saturated rings. The summed E-state index contributed by atoms with van der Waals surface area (Å²) < 4.78 is 27.3. The van der Waals surface area contributed by atoms with Crippen LogP contribution < -0.4 is 0 Å². The molecular weight excluding hydrogens is 282 g/mol. The standard InChI is InChI=1S/C17H27NO2S/c1-4-6-8-16-17(9-7-5-2)18(16)21(19,20)15-12-10-14(3)11-13-15/h10-13,16-17H,4-9H2,1-3H3/t16-,17+,18?. The van der Waals surface area contributed by atoms with Crippen molar-refractivity contribution in [3.63, 3.8) is 0 Å². The molecule has 2 rings (SSSR count). The van der Waals surface area contributed by atoms with Crippen LogP contribution in [0.5, 0.6) is 0 Å². The first-order valence-corrected chi connectivity index (χ1v) is 9.56. The van der Waals surface area contributed by atoms with Crippen molar-refractivity contribution in [2.45, 2.75) is 76.3 Å². The Kier molecular flexibility index (Phi) is 5.44. The molecule has 21 heavy (non-hydrogen) atoms. The maximum absolute atomic E-state index is 12.8. The van der Waals surface area contributed by atoms with Gasteiger partial charge in [-0.05, 0) is 31.9 Å². The lowest BCUT2D eigenvalue weighted by Crippen LogP contribution is -2.16. The molecule has 0 saturated carbocycles. The minimum Gasteiger partial charge on any atom is -0.207 e. The molecule has 0 bridgehead atoms. The number of benzene rings is 1. The van der Waals surface area contributed by atoms with Gasteiger partial charge in [0.25, 0.3) is 0 Å². The van der Waals surface area contributed by atoms with Crippen molar-refractivity contribution < 1.29 is 8.42 Å². The topological polar surface area (TPSA) is 37.1 Å². The summed E-state index contributed by atoms with van der Waals surface area (Å²) in [6, 6.07) is 7.66. The third kappa shape index (κ3) is 3.67. The first-order valence-electron chi connectivity index (χ1n) is 8.12. The first-order chi connectivity index (χ1) is 10.0. The van der Waals surface area contributed by atoms with Gasteiger partial charge in [-0.25, -0.2) is 8.42 Å². The smallest absolute Gasteiger partial charge is 0.207 e. The van der Waals surface area contributed by atoms with Crippen LogP contribution in [0.3, 0.4) is 0 Å². The lowest BCUT2D eigenvalue weighted by Gasteiger charge is -2.07. The Morgan fingerprint density at radius 2 is 1.43 bits per heavy atom. The predicted molar refractivity (Wildman–Crippen MR) is 86.8 cm³/mol. The highest BCUT2D eigenvalue weighted by molar-refractivity contribution is 7.89. The monoisotopic (exact) mass is 309 g/mol. The molecule has 3 nitrogen and oxygen atoms in total. The van der Waals surface area contributed by atoms with Gasteiger partial charge in [0, 0.05) is 12.1 Å². The van der Waals surface area contributed by atoms with E-state index in [-0.39, 0.29) is 12.1 Å². The van der Waals surface area contributed by atoms with Crippen LogP contribution in [0, 0.1) is 6.92 Å². The zero-order chi connectivity index (χ0) is 15.5. The van der Waals surface area contributed by atoms with Crippen LogP contribution in [0.4, 0.5) is 0 Å². The van der Waals surface area contributed by atoms with Crippen LogP contribution >= 0.6 is 0 Å². The van der Waals surface area contributed by atoms with E-state index in [0.717, 1.165) is 44.1 Å². The van der Waals surface area contributed by atoms with E-state index in [1.54, 1.807) is 16.4 Å². The molecule has 1 unspecified atom stereocenters. The molecule has 1 aromatic carbocycles. The van der Waals surface area contributed by atoms with Gasteiger partial charge in [-0.3, -0.25) is 0 Å². The zero-order valence-corrected chi connectivity index (χ0v) is 14.2. The zero-order valence-electron chi connectivity index (χ0n) is 13.4. The Hall–Kier alpha value is -0.870. The molecule has 1 aromatic rings. The Balaban J connectivity index is 2.15. The lowest BCUT2D eigenvalue weighted by molar-refractivity contribution is 0.532. The number of rotatable bonds is 8. The second kappa shape index (κ2) is 6.93. The van der Waals surface area contributed by atoms with Crippen molar-refractivity contribution in [3.8, 4) is 0 Å². The van der Waals surface area contributed by atoms with Gasteiger partial charge in [0.05, 0.1) is 4.90 Å². The molecule has 0 aromatic heterocycles. The molecule has 0 aliphatic carbocycles. The third-order valence-corrected chi connectivity index (χ3v) is 6.28. The molecule has 4 heteroatoms. The van der Waals surface area contributed by atoms with Crippen LogP contribution in [0.2, 0.25) is 0 Å². The second-order valence-corrected chi connectivity index (χ2v) is 7.91. The first kappa shape index (κ1) is 16.5. The highest BCUT2D eigenvalue weighted by Crippen LogP contribution is 2.41. The number of aryl methyl sites for hydroxylation is 1. The third-order valence-electron chi connectivity index (χ3n) is 4.31. The molecule has 0 amide bonds. The summed E-state index contributed by atoms with van der Waals surface area (Å²) in [6.45, 7) is 6.28. The molecule has 0 radical (unpaired) electrons. The fraction of sp³-hybridized carbons (Fsp3) is 0.647. The highest BCUT2D eigenvalue weighted by Gasteiger charge is 2.53. The molecule has 1 heterocycles. The van der Waals surface area contributed by atoms with Crippen LogP contribution in [-0.4, -0.2) is 24.8 Å². The lowest BCUT2D eigenvalue weighted by atomic mass is 10.1. The molecule has 1 saturated heterocycles. The normalized spacial score (nSPS) is 25.0. The number of hydrogen-bond acceptors (Lipinski definition) is 2. The summed E-state index contributed by atoms with van der Waals surface area (Å²) in [5.74, 6) is 0. The van der Waals surface area contributed by atoms with Gasteiger partial charge in [-0.2, -0.15) is 4.31 Å². The SMILES string of the molecule is CCCC[C@@H]1[C@H](CCCC)N1S(=O)(=O)c1ccc(C)cc1. The summed E-state index contributed by atoms with van der Waals surface area (Å²) in [4.78, 5) is 0.439. The summed E-state index contributed by atoms with van der Waals surface area (Å²) in [7, 11) is -3.31. The minimum absolute atomic E-state index is 0.225. The Morgan fingerprint density at radius 1 is 0.952 bits per heavy atom. The minimum atomic E-state index is -3.31. The Labute approximate surface area is 129 Å². The summed E-state index contributed by atoms with van der Waals surface area (Å²) >= 11 is 0. The molecule has 3 atom stereocenters. The van der Waals surface area contributed by atoms with E-state index >= 15 is 0 Å². The summed E-state index contributed by atoms with van der Waals surface area (Å²) in [5, 5.41) is 0. The highest BCUT2D eigenvalue weighted by atomic mass is 32.2. The number of sulfonamides is 1. The summed E-state index contributed by atoms with van der Waals surface area (Å²) in [5.41, 5.74) is 1.09. The average molecular weight is 309 g/mol. The maximum atomic E-state index is 12.8. The number of nitrogens with zero attached hydrogens (tertiary/aromatic N) is 1. The van der Waals surface area contributed by atoms with E-state index in [1.165, 1.54) is 0 Å². The predicted octanol–water partition coefficient (Wildman–Crippen LogP) is 4.12. The largest absolute Gasteiger partial charge is 0.243 e. The Bertz CT molecular complexity index is 537. The van der Waals surface area contributed by atoms with E-state index in [0.29, 0.717) is 4.90 Å². The van der Waals surface area contributed by atoms with Gasteiger partial charge in [-0.1, -0.05) is 57.2 Å². The quantitative estimate of drug-likeness (QED) is 0.677. The van der Waals surface area contributed by atoms with Crippen molar-refractivity contribution in [3.05, 3.63) is 29.8 Å². The van der Waals surface area contributed by atoms with Gasteiger partial charge < -0.3 is 0 Å². The molecule has 1 aliphatic heterocycles. The molecule has 1 aliphatic rings. The number of hydrogen-bond donors (Lipinski definition) is 0. The molecular formula is C17H27NO2S. The van der Waals surface area contributed by atoms with Crippen LogP contribution in [0.1, 0.15) is 57.9 Å². The van der Waals surface area contributed by atoms with E-state index < -0.39 is 10.0 Å². The van der Waals surface area contributed by atoms with Crippen molar-refractivity contribution in [1.82, 2.24) is 4.31 Å².